The van der Waals surface area contributed by atoms with Crippen LogP contribution in [0.5, 0.6) is 0 Å². The quantitative estimate of drug-likeness (QED) is 0.799. The van der Waals surface area contributed by atoms with Crippen LogP contribution in [0.3, 0.4) is 0 Å². The van der Waals surface area contributed by atoms with E-state index in [-0.39, 0.29) is 5.91 Å². The highest BCUT2D eigenvalue weighted by Crippen LogP contribution is 2.40. The molecule has 1 aliphatic carbocycles. The molecule has 4 nitrogen and oxygen atoms in total. The van der Waals surface area contributed by atoms with E-state index in [9.17, 15) is 4.79 Å². The van der Waals surface area contributed by atoms with Gasteiger partial charge in [-0.15, -0.1) is 11.3 Å². The van der Waals surface area contributed by atoms with Gasteiger partial charge in [-0.2, -0.15) is 0 Å². The van der Waals surface area contributed by atoms with E-state index < -0.39 is 0 Å². The summed E-state index contributed by atoms with van der Waals surface area (Å²) >= 11 is 1.51. The van der Waals surface area contributed by atoms with Crippen molar-refractivity contribution in [2.45, 2.75) is 25.7 Å². The van der Waals surface area contributed by atoms with E-state index in [0.717, 1.165) is 17.4 Å². The van der Waals surface area contributed by atoms with Gasteiger partial charge in [-0.25, -0.2) is 4.98 Å². The number of carbonyl (C=O) groups is 1. The van der Waals surface area contributed by atoms with Crippen molar-refractivity contribution in [2.75, 3.05) is 18.4 Å². The minimum Gasteiger partial charge on any atom is -0.309 e. The molecule has 15 heavy (non-hydrogen) atoms. The summed E-state index contributed by atoms with van der Waals surface area (Å²) in [5.41, 5.74) is 1.14. The summed E-state index contributed by atoms with van der Waals surface area (Å²) in [6.07, 6.45) is 2.49. The molecule has 1 amide bonds. The first-order chi connectivity index (χ1) is 7.29. The Kier molecular flexibility index (Phi) is 3.33. The summed E-state index contributed by atoms with van der Waals surface area (Å²) in [6, 6.07) is 0. The van der Waals surface area contributed by atoms with E-state index in [1.165, 1.54) is 24.2 Å². The van der Waals surface area contributed by atoms with Gasteiger partial charge in [-0.1, -0.05) is 6.92 Å². The fourth-order valence-corrected chi connectivity index (χ4v) is 2.12. The molecule has 0 saturated heterocycles. The van der Waals surface area contributed by atoms with Crippen molar-refractivity contribution in [3.63, 3.8) is 0 Å². The molecule has 1 aromatic rings. The molecule has 0 radical (unpaired) electrons. The lowest BCUT2D eigenvalue weighted by Gasteiger charge is -2.01. The van der Waals surface area contributed by atoms with Crippen LogP contribution in [0.1, 0.15) is 31.4 Å². The smallest absolute Gasteiger partial charge is 0.240 e. The predicted molar refractivity (Wildman–Crippen MR) is 61.3 cm³/mol. The molecule has 0 unspecified atom stereocenters. The molecular weight excluding hydrogens is 210 g/mol. The van der Waals surface area contributed by atoms with Crippen molar-refractivity contribution in [2.24, 2.45) is 0 Å². The Morgan fingerprint density at radius 2 is 2.47 bits per heavy atom. The third-order valence-corrected chi connectivity index (χ3v) is 3.08. The number of amides is 1. The van der Waals surface area contributed by atoms with Gasteiger partial charge in [0.15, 0.2) is 5.13 Å². The molecule has 0 spiro atoms. The van der Waals surface area contributed by atoms with Gasteiger partial charge in [0.2, 0.25) is 5.91 Å². The Bertz CT molecular complexity index is 346. The number of rotatable bonds is 5. The zero-order chi connectivity index (χ0) is 10.7. The molecule has 1 heterocycles. The molecule has 1 saturated carbocycles. The van der Waals surface area contributed by atoms with Crippen molar-refractivity contribution in [3.05, 3.63) is 11.1 Å². The zero-order valence-electron chi connectivity index (χ0n) is 8.75. The third kappa shape index (κ3) is 3.00. The first-order valence-electron chi connectivity index (χ1n) is 5.25. The van der Waals surface area contributed by atoms with Crippen molar-refractivity contribution in [1.29, 1.82) is 0 Å². The maximum absolute atomic E-state index is 11.4. The monoisotopic (exact) mass is 225 g/mol. The summed E-state index contributed by atoms with van der Waals surface area (Å²) in [6.45, 7) is 3.13. The molecule has 82 valence electrons. The summed E-state index contributed by atoms with van der Waals surface area (Å²) in [4.78, 5) is 15.7. The molecule has 2 rings (SSSR count). The molecule has 0 atom stereocenters. The highest BCUT2D eigenvalue weighted by molar-refractivity contribution is 7.13. The second-order valence-corrected chi connectivity index (χ2v) is 4.54. The van der Waals surface area contributed by atoms with Gasteiger partial charge in [0.05, 0.1) is 12.2 Å². The van der Waals surface area contributed by atoms with Crippen LogP contribution in [0.15, 0.2) is 5.38 Å². The van der Waals surface area contributed by atoms with Gasteiger partial charge in [-0.3, -0.25) is 4.79 Å². The molecule has 1 aromatic heterocycles. The first kappa shape index (κ1) is 10.6. The number of aromatic nitrogens is 1. The fourth-order valence-electron chi connectivity index (χ4n) is 1.31. The highest BCUT2D eigenvalue weighted by Gasteiger charge is 2.26. The van der Waals surface area contributed by atoms with Crippen molar-refractivity contribution >= 4 is 22.4 Å². The molecule has 2 N–H and O–H groups in total. The van der Waals surface area contributed by atoms with E-state index in [0.29, 0.717) is 12.5 Å². The topological polar surface area (TPSA) is 54.0 Å². The zero-order valence-corrected chi connectivity index (χ0v) is 9.56. The van der Waals surface area contributed by atoms with Crippen LogP contribution in [0, 0.1) is 0 Å². The van der Waals surface area contributed by atoms with E-state index in [1.807, 2.05) is 12.3 Å². The van der Waals surface area contributed by atoms with E-state index in [2.05, 4.69) is 15.6 Å². The fraction of sp³-hybridized carbons (Fsp3) is 0.600. The second-order valence-electron chi connectivity index (χ2n) is 3.68. The van der Waals surface area contributed by atoms with Crippen LogP contribution in [0.4, 0.5) is 5.13 Å². The maximum atomic E-state index is 11.4. The van der Waals surface area contributed by atoms with E-state index in [1.54, 1.807) is 0 Å². The van der Waals surface area contributed by atoms with Crippen LogP contribution in [-0.2, 0) is 4.79 Å². The van der Waals surface area contributed by atoms with Gasteiger partial charge >= 0.3 is 0 Å². The first-order valence-corrected chi connectivity index (χ1v) is 6.13. The minimum atomic E-state index is -0.0199. The Balaban J connectivity index is 1.84. The number of hydrogen-bond donors (Lipinski definition) is 2. The number of hydrogen-bond acceptors (Lipinski definition) is 4. The minimum absolute atomic E-state index is 0.0199. The van der Waals surface area contributed by atoms with Gasteiger partial charge in [0.25, 0.3) is 0 Å². The average Bonchev–Trinajstić information content (AvgIpc) is 2.98. The number of nitrogens with one attached hydrogen (secondary N) is 2. The Morgan fingerprint density at radius 3 is 3.13 bits per heavy atom. The molecule has 5 heteroatoms. The molecule has 0 aliphatic heterocycles. The summed E-state index contributed by atoms with van der Waals surface area (Å²) in [5.74, 6) is 0.634. The predicted octanol–water partition coefficient (Wildman–Crippen LogP) is 1.57. The lowest BCUT2D eigenvalue weighted by Crippen LogP contribution is -2.27. The van der Waals surface area contributed by atoms with Crippen LogP contribution in [0.2, 0.25) is 0 Å². The number of thiazole rings is 1. The Morgan fingerprint density at radius 1 is 1.67 bits per heavy atom. The van der Waals surface area contributed by atoms with Crippen molar-refractivity contribution < 1.29 is 4.79 Å². The van der Waals surface area contributed by atoms with Gasteiger partial charge < -0.3 is 10.6 Å². The Hall–Kier alpha value is -0.940. The SMILES string of the molecule is CCNCC(=O)Nc1nc(C2CC2)cs1. The number of likely N-dealkylation sites (N-methyl/N-ethyl adjacent to an activating group) is 1. The van der Waals surface area contributed by atoms with Gasteiger partial charge in [-0.05, 0) is 19.4 Å². The summed E-state index contributed by atoms with van der Waals surface area (Å²) in [7, 11) is 0. The van der Waals surface area contributed by atoms with Gasteiger partial charge in [0, 0.05) is 11.3 Å². The van der Waals surface area contributed by atoms with Crippen molar-refractivity contribution in [1.82, 2.24) is 10.3 Å². The Labute approximate surface area is 93.1 Å². The van der Waals surface area contributed by atoms with Crippen molar-refractivity contribution in [3.8, 4) is 0 Å². The lowest BCUT2D eigenvalue weighted by atomic mass is 10.3. The van der Waals surface area contributed by atoms with E-state index >= 15 is 0 Å². The lowest BCUT2D eigenvalue weighted by molar-refractivity contribution is -0.115. The number of nitrogens with zero attached hydrogens (tertiary/aromatic N) is 1. The number of anilines is 1. The molecule has 0 bridgehead atoms. The second kappa shape index (κ2) is 4.72. The van der Waals surface area contributed by atoms with Crippen LogP contribution in [0.25, 0.3) is 0 Å². The largest absolute Gasteiger partial charge is 0.309 e. The molecule has 1 fully saturated rings. The number of carbonyl (C=O) groups excluding carboxylic acids is 1. The van der Waals surface area contributed by atoms with Crippen LogP contribution < -0.4 is 10.6 Å². The van der Waals surface area contributed by atoms with Gasteiger partial charge in [0.1, 0.15) is 0 Å². The molecule has 0 aromatic carbocycles. The molecular formula is C10H15N3OS. The highest BCUT2D eigenvalue weighted by atomic mass is 32.1. The van der Waals surface area contributed by atoms with E-state index in [4.69, 9.17) is 0 Å². The summed E-state index contributed by atoms with van der Waals surface area (Å²) in [5, 5.41) is 8.52. The summed E-state index contributed by atoms with van der Waals surface area (Å²) < 4.78 is 0. The molecule has 1 aliphatic rings. The van der Waals surface area contributed by atoms with Crippen LogP contribution >= 0.6 is 11.3 Å². The normalized spacial score (nSPS) is 15.3. The third-order valence-electron chi connectivity index (χ3n) is 2.30. The maximum Gasteiger partial charge on any atom is 0.240 e. The average molecular weight is 225 g/mol. The van der Waals surface area contributed by atoms with Crippen LogP contribution in [-0.4, -0.2) is 24.0 Å². The standard InChI is InChI=1S/C10H15N3OS/c1-2-11-5-9(14)13-10-12-8(6-15-10)7-3-4-7/h6-7,11H,2-5H2,1H3,(H,12,13,14).